The number of aryl methyl sites for hydroxylation is 2. The molecular formula is C48H61N5O5S. The van der Waals surface area contributed by atoms with Crippen LogP contribution in [0.25, 0.3) is 0 Å². The number of anilines is 2. The molecule has 1 N–H and O–H groups in total. The Labute approximate surface area is 351 Å². The molecule has 10 nitrogen and oxygen atoms in total. The maximum atomic E-state index is 14.6. The Morgan fingerprint density at radius 2 is 1.41 bits per heavy atom. The smallest absolute Gasteiger partial charge is 0.338 e. The molecule has 314 valence electrons. The molecular weight excluding hydrogens is 759 g/mol. The van der Waals surface area contributed by atoms with Crippen LogP contribution in [0.15, 0.2) is 106 Å². The molecule has 5 rings (SSSR count). The molecule has 0 radical (unpaired) electrons. The summed E-state index contributed by atoms with van der Waals surface area (Å²) in [5.41, 5.74) is 4.33. The lowest BCUT2D eigenvalue weighted by molar-refractivity contribution is -0.110. The number of aliphatic imine (C=N–C) groups is 2. The van der Waals surface area contributed by atoms with Crippen LogP contribution in [0.3, 0.4) is 0 Å². The third-order valence-electron chi connectivity index (χ3n) is 10.8. The van der Waals surface area contributed by atoms with E-state index in [0.717, 1.165) is 41.4 Å². The van der Waals surface area contributed by atoms with E-state index in [9.17, 15) is 18.0 Å². The lowest BCUT2D eigenvalue weighted by atomic mass is 10.1. The predicted molar refractivity (Wildman–Crippen MR) is 241 cm³/mol. The van der Waals surface area contributed by atoms with E-state index in [1.54, 1.807) is 36.4 Å². The van der Waals surface area contributed by atoms with E-state index in [2.05, 4.69) is 24.1 Å². The van der Waals surface area contributed by atoms with Crippen LogP contribution in [0.1, 0.15) is 118 Å². The summed E-state index contributed by atoms with van der Waals surface area (Å²) in [6, 6.07) is 26.4. The molecule has 0 aromatic heterocycles. The molecule has 11 heteroatoms. The molecule has 1 aliphatic rings. The van der Waals surface area contributed by atoms with Crippen LogP contribution in [-0.4, -0.2) is 56.3 Å². The number of esters is 1. The van der Waals surface area contributed by atoms with E-state index in [4.69, 9.17) is 14.7 Å². The van der Waals surface area contributed by atoms with Gasteiger partial charge in [-0.05, 0) is 86.3 Å². The third kappa shape index (κ3) is 12.4. The number of para-hydroxylation sites is 1. The van der Waals surface area contributed by atoms with Gasteiger partial charge < -0.3 is 15.0 Å². The molecule has 0 fully saturated rings. The molecule has 0 bridgehead atoms. The first-order valence-corrected chi connectivity index (χ1v) is 22.7. The van der Waals surface area contributed by atoms with Crippen LogP contribution in [0.5, 0.6) is 0 Å². The fourth-order valence-corrected chi connectivity index (χ4v) is 8.55. The number of nitrogens with one attached hydrogen (secondary N) is 1. The van der Waals surface area contributed by atoms with Gasteiger partial charge in [0.05, 0.1) is 30.1 Å². The van der Waals surface area contributed by atoms with Gasteiger partial charge in [0.1, 0.15) is 4.90 Å². The van der Waals surface area contributed by atoms with Gasteiger partial charge in [0.15, 0.2) is 11.5 Å². The summed E-state index contributed by atoms with van der Waals surface area (Å²) in [6.45, 7) is 9.06. The number of hydrogen-bond donors (Lipinski definition) is 1. The first-order valence-electron chi connectivity index (χ1n) is 21.3. The summed E-state index contributed by atoms with van der Waals surface area (Å²) < 4.78 is 35.6. The summed E-state index contributed by atoms with van der Waals surface area (Å²) in [6.07, 6.45) is 14.6. The van der Waals surface area contributed by atoms with Crippen molar-refractivity contribution >= 4 is 56.2 Å². The number of sulfonamides is 1. The quantitative estimate of drug-likeness (QED) is 0.0479. The van der Waals surface area contributed by atoms with Gasteiger partial charge in [0.25, 0.3) is 15.9 Å². The summed E-state index contributed by atoms with van der Waals surface area (Å²) in [4.78, 5) is 39.7. The van der Waals surface area contributed by atoms with E-state index in [-0.39, 0.29) is 28.7 Å². The van der Waals surface area contributed by atoms with Crippen LogP contribution in [0.2, 0.25) is 0 Å². The summed E-state index contributed by atoms with van der Waals surface area (Å²) in [7, 11) is -2.19. The summed E-state index contributed by atoms with van der Waals surface area (Å²) >= 11 is 0. The van der Waals surface area contributed by atoms with E-state index in [0.29, 0.717) is 34.7 Å². The van der Waals surface area contributed by atoms with E-state index in [1.165, 1.54) is 63.9 Å². The van der Waals surface area contributed by atoms with Gasteiger partial charge in [-0.15, -0.1) is 0 Å². The number of hydrogen-bond acceptors (Lipinski definition) is 8. The number of carbonyl (C=O) groups is 2. The molecule has 59 heavy (non-hydrogen) atoms. The highest BCUT2D eigenvalue weighted by molar-refractivity contribution is 7.90. The van der Waals surface area contributed by atoms with Crippen molar-refractivity contribution in [1.82, 2.24) is 4.31 Å². The Balaban J connectivity index is 1.36. The fourth-order valence-electron chi connectivity index (χ4n) is 7.01. The number of carbonyl (C=O) groups excluding carboxylic acids is 2. The van der Waals surface area contributed by atoms with Gasteiger partial charge in [-0.1, -0.05) is 126 Å². The maximum absolute atomic E-state index is 14.6. The van der Waals surface area contributed by atoms with E-state index < -0.39 is 21.9 Å². The van der Waals surface area contributed by atoms with Gasteiger partial charge in [-0.2, -0.15) is 0 Å². The minimum Gasteiger partial charge on any atom is -0.462 e. The van der Waals surface area contributed by atoms with Crippen molar-refractivity contribution in [1.29, 1.82) is 0 Å². The van der Waals surface area contributed by atoms with Crippen molar-refractivity contribution < 1.29 is 22.7 Å². The Morgan fingerprint density at radius 1 is 0.763 bits per heavy atom. The second-order valence-corrected chi connectivity index (χ2v) is 17.2. The molecule has 1 heterocycles. The minimum absolute atomic E-state index is 0.0353. The van der Waals surface area contributed by atoms with Crippen molar-refractivity contribution in [3.05, 3.63) is 113 Å². The second kappa shape index (κ2) is 22.2. The maximum Gasteiger partial charge on any atom is 0.338 e. The largest absolute Gasteiger partial charge is 0.462 e. The zero-order chi connectivity index (χ0) is 42.2. The highest BCUT2D eigenvalue weighted by Gasteiger charge is 2.38. The Hall–Kier alpha value is -5.29. The minimum atomic E-state index is -4.18. The van der Waals surface area contributed by atoms with Crippen LogP contribution in [0, 0.1) is 13.8 Å². The van der Waals surface area contributed by atoms with Crippen molar-refractivity contribution in [3.8, 4) is 0 Å². The van der Waals surface area contributed by atoms with Gasteiger partial charge in [-0.3, -0.25) is 4.79 Å². The summed E-state index contributed by atoms with van der Waals surface area (Å²) in [5, 5.41) is 2.95. The van der Waals surface area contributed by atoms with Crippen LogP contribution >= 0.6 is 0 Å². The average molecular weight is 820 g/mol. The van der Waals surface area contributed by atoms with Crippen molar-refractivity contribution in [2.75, 3.05) is 30.4 Å². The SMILES string of the molecule is CCCCCCCCCCCCCCOC(=O)c1ccc(C)c(NC(=O)C(=Nc2ccc(N(C)CC)cc2C)C2=Nc3ccccc3S(=O)(=O)N2Cc2ccccc2)c1. The van der Waals surface area contributed by atoms with Crippen molar-refractivity contribution in [3.63, 3.8) is 0 Å². The molecule has 0 spiro atoms. The van der Waals surface area contributed by atoms with Crippen molar-refractivity contribution in [2.45, 2.75) is 116 Å². The van der Waals surface area contributed by atoms with E-state index >= 15 is 0 Å². The number of ether oxygens (including phenoxy) is 1. The number of unbranched alkanes of at least 4 members (excludes halogenated alkanes) is 11. The number of amides is 1. The average Bonchev–Trinajstić information content (AvgIpc) is 3.23. The highest BCUT2D eigenvalue weighted by atomic mass is 32.2. The molecule has 4 aromatic carbocycles. The molecule has 1 amide bonds. The molecule has 0 saturated heterocycles. The first-order chi connectivity index (χ1) is 28.5. The standard InChI is InChI=1S/C48H61N5O5S/c1-6-8-9-10-11-12-13-14-15-16-17-23-32-58-48(55)39-29-28-36(3)43(34-39)51-47(54)45(49-41-31-30-40(33-37(41)4)52(5)7-2)46-50-42-26-21-22-27-44(42)59(56,57)53(46)35-38-24-19-18-20-25-38/h18-22,24-31,33-34H,6-17,23,32,35H2,1-5H3,(H,51,54). The lowest BCUT2D eigenvalue weighted by Crippen LogP contribution is -2.46. The van der Waals surface area contributed by atoms with Gasteiger partial charge in [-0.25, -0.2) is 27.5 Å². The number of nitrogens with zero attached hydrogens (tertiary/aromatic N) is 4. The molecule has 4 aromatic rings. The normalized spacial score (nSPS) is 13.4. The van der Waals surface area contributed by atoms with Gasteiger partial charge in [0.2, 0.25) is 0 Å². The zero-order valence-electron chi connectivity index (χ0n) is 35.5. The van der Waals surface area contributed by atoms with Crippen LogP contribution in [-0.2, 0) is 26.1 Å². The zero-order valence-corrected chi connectivity index (χ0v) is 36.3. The molecule has 0 saturated carbocycles. The van der Waals surface area contributed by atoms with Crippen LogP contribution < -0.4 is 10.2 Å². The number of benzene rings is 4. The monoisotopic (exact) mass is 819 g/mol. The third-order valence-corrected chi connectivity index (χ3v) is 12.6. The van der Waals surface area contributed by atoms with Gasteiger partial charge >= 0.3 is 5.97 Å². The van der Waals surface area contributed by atoms with Crippen molar-refractivity contribution in [2.24, 2.45) is 9.98 Å². The first kappa shape index (κ1) is 44.8. The number of rotatable bonds is 22. The molecule has 0 atom stereocenters. The topological polar surface area (TPSA) is 121 Å². The Kier molecular flexibility index (Phi) is 16.8. The summed E-state index contributed by atoms with van der Waals surface area (Å²) in [5.74, 6) is -1.27. The Morgan fingerprint density at radius 3 is 2.07 bits per heavy atom. The molecule has 0 aliphatic carbocycles. The predicted octanol–water partition coefficient (Wildman–Crippen LogP) is 11.3. The second-order valence-electron chi connectivity index (χ2n) is 15.4. The fraction of sp³-hybridized carbons (Fsp3) is 0.417. The number of amidine groups is 1. The molecule has 1 aliphatic heterocycles. The molecule has 0 unspecified atom stereocenters. The highest BCUT2D eigenvalue weighted by Crippen LogP contribution is 2.35. The Bertz CT molecular complexity index is 2200. The van der Waals surface area contributed by atoms with Gasteiger partial charge in [0, 0.05) is 25.0 Å². The lowest BCUT2D eigenvalue weighted by Gasteiger charge is -2.30. The number of fused-ring (bicyclic) bond motifs is 1. The van der Waals surface area contributed by atoms with E-state index in [1.807, 2.05) is 69.4 Å². The van der Waals surface area contributed by atoms with Crippen LogP contribution in [0.4, 0.5) is 22.7 Å².